The van der Waals surface area contributed by atoms with E-state index >= 15 is 0 Å². The van der Waals surface area contributed by atoms with Gasteiger partial charge in [-0.25, -0.2) is 9.97 Å². The molecule has 0 radical (unpaired) electrons. The standard InChI is InChI=1S/2C25H15N2.2C10H18N3.2Pt/c2*1-2-9-19-17(7-1)14-15-18-8-6-16-26-25(18)27-23-13-4-3-10-20(23)22-12-5-11-21(19)24(22)27;2*1-9(2,3)7-11-8(13-12-7)10(4,5)6;;/h2*1-12,14-16H;2*1-6H3;;/q4*-1;2*+2. The van der Waals surface area contributed by atoms with Crippen LogP contribution in [0.15, 0.2) is 182 Å². The molecule has 0 atom stereocenters. The summed E-state index contributed by atoms with van der Waals surface area (Å²) in [5, 5.41) is 30.8. The fourth-order valence-corrected chi connectivity index (χ4v) is 10.1. The summed E-state index contributed by atoms with van der Waals surface area (Å²) in [5.74, 6) is 3.32. The van der Waals surface area contributed by atoms with Gasteiger partial charge in [0.25, 0.3) is 0 Å². The molecule has 8 aromatic heterocycles. The van der Waals surface area contributed by atoms with Crippen LogP contribution in [-0.2, 0) is 63.8 Å². The molecule has 82 heavy (non-hydrogen) atoms. The minimum absolute atomic E-state index is 0. The Bertz CT molecular complexity index is 4320. The molecule has 6 aromatic carbocycles. The Morgan fingerprint density at radius 1 is 0.341 bits per heavy atom. The molecule has 0 aliphatic rings. The van der Waals surface area contributed by atoms with Gasteiger partial charge in [-0.05, 0) is 67.4 Å². The van der Waals surface area contributed by atoms with Crippen molar-refractivity contribution in [1.29, 1.82) is 0 Å². The third-order valence-corrected chi connectivity index (χ3v) is 14.2. The smallest absolute Gasteiger partial charge is 0.425 e. The molecule has 14 aromatic rings. The number of hydrogen-bond donors (Lipinski definition) is 0. The molecular weight excluding hydrogens is 1370 g/mol. The van der Waals surface area contributed by atoms with Gasteiger partial charge in [0.1, 0.15) is 11.3 Å². The maximum Gasteiger partial charge on any atom is 2.00 e. The van der Waals surface area contributed by atoms with Crippen molar-refractivity contribution in [2.75, 3.05) is 0 Å². The first kappa shape index (κ1) is 59.0. The number of benzene rings is 6. The van der Waals surface area contributed by atoms with E-state index in [-0.39, 0.29) is 63.8 Å². The number of fused-ring (bicyclic) bond motifs is 14. The quantitative estimate of drug-likeness (QED) is 0.138. The van der Waals surface area contributed by atoms with E-state index in [0.717, 1.165) is 56.4 Å². The van der Waals surface area contributed by atoms with Crippen LogP contribution in [0.4, 0.5) is 0 Å². The molecule has 10 nitrogen and oxygen atoms in total. The molecular formula is C70H66N10Pt2. The minimum Gasteiger partial charge on any atom is -0.425 e. The monoisotopic (exact) mass is 1440 g/mol. The molecule has 0 aliphatic heterocycles. The van der Waals surface area contributed by atoms with Crippen LogP contribution < -0.4 is 10.2 Å². The van der Waals surface area contributed by atoms with Gasteiger partial charge in [0.2, 0.25) is 0 Å². The largest absolute Gasteiger partial charge is 2.00 e. The van der Waals surface area contributed by atoms with Crippen molar-refractivity contribution in [3.05, 3.63) is 218 Å². The van der Waals surface area contributed by atoms with E-state index in [1.807, 2.05) is 36.7 Å². The van der Waals surface area contributed by atoms with E-state index in [1.54, 1.807) is 0 Å². The van der Waals surface area contributed by atoms with Crippen molar-refractivity contribution in [2.24, 2.45) is 0 Å². The van der Waals surface area contributed by atoms with Gasteiger partial charge in [-0.1, -0.05) is 215 Å². The first-order valence-electron chi connectivity index (χ1n) is 27.4. The van der Waals surface area contributed by atoms with Crippen LogP contribution in [0, 0.1) is 12.1 Å². The molecule has 0 saturated heterocycles. The summed E-state index contributed by atoms with van der Waals surface area (Å²) >= 11 is 0. The van der Waals surface area contributed by atoms with Crippen LogP contribution in [0.3, 0.4) is 0 Å². The first-order valence-corrected chi connectivity index (χ1v) is 27.4. The Morgan fingerprint density at radius 3 is 1.02 bits per heavy atom. The van der Waals surface area contributed by atoms with Gasteiger partial charge in [0.15, 0.2) is 0 Å². The molecule has 0 amide bonds. The molecule has 416 valence electrons. The van der Waals surface area contributed by atoms with E-state index < -0.39 is 0 Å². The summed E-state index contributed by atoms with van der Waals surface area (Å²) in [6.07, 6.45) is 3.72. The fourth-order valence-electron chi connectivity index (χ4n) is 10.1. The minimum atomic E-state index is -0.00347. The van der Waals surface area contributed by atoms with Crippen molar-refractivity contribution < 1.29 is 42.1 Å². The van der Waals surface area contributed by atoms with Crippen LogP contribution >= 0.6 is 0 Å². The molecule has 8 heterocycles. The maximum absolute atomic E-state index is 4.76. The van der Waals surface area contributed by atoms with Crippen molar-refractivity contribution in [2.45, 2.75) is 105 Å². The summed E-state index contributed by atoms with van der Waals surface area (Å²) in [6.45, 7) is 25.1. The van der Waals surface area contributed by atoms with Crippen LogP contribution in [0.5, 0.6) is 0 Å². The maximum atomic E-state index is 4.76. The Hall–Kier alpha value is -7.64. The average Bonchev–Trinajstić information content (AvgIpc) is 2.15. The Balaban J connectivity index is 0.000000139. The molecule has 0 saturated carbocycles. The number of rotatable bonds is 0. The van der Waals surface area contributed by atoms with E-state index in [9.17, 15) is 0 Å². The number of aromatic nitrogens is 10. The van der Waals surface area contributed by atoms with Gasteiger partial charge in [-0.2, -0.15) is 48.5 Å². The molecule has 0 aliphatic carbocycles. The second kappa shape index (κ2) is 23.3. The predicted molar refractivity (Wildman–Crippen MR) is 331 cm³/mol. The van der Waals surface area contributed by atoms with Crippen LogP contribution in [0.2, 0.25) is 0 Å². The second-order valence-electron chi connectivity index (χ2n) is 24.5. The fraction of sp³-hybridized carbons (Fsp3) is 0.229. The van der Waals surface area contributed by atoms with Gasteiger partial charge in [-0.3, -0.25) is 10.2 Å². The van der Waals surface area contributed by atoms with E-state index in [0.29, 0.717) is 0 Å². The summed E-state index contributed by atoms with van der Waals surface area (Å²) in [4.78, 5) is 18.4. The van der Waals surface area contributed by atoms with E-state index in [1.165, 1.54) is 64.9 Å². The topological polar surface area (TPSA) is 114 Å². The van der Waals surface area contributed by atoms with Crippen molar-refractivity contribution in [1.82, 2.24) is 49.1 Å². The molecule has 0 spiro atoms. The third-order valence-electron chi connectivity index (χ3n) is 14.2. The van der Waals surface area contributed by atoms with Crippen LogP contribution in [-0.4, -0.2) is 38.9 Å². The van der Waals surface area contributed by atoms with Gasteiger partial charge in [0, 0.05) is 67.5 Å². The molecule has 12 heteroatoms. The molecule has 0 bridgehead atoms. The zero-order chi connectivity index (χ0) is 56.1. The molecule has 0 unspecified atom stereocenters. The van der Waals surface area contributed by atoms with Crippen molar-refractivity contribution >= 4 is 98.0 Å². The van der Waals surface area contributed by atoms with Crippen molar-refractivity contribution in [3.8, 4) is 0 Å². The van der Waals surface area contributed by atoms with E-state index in [4.69, 9.17) is 9.97 Å². The summed E-state index contributed by atoms with van der Waals surface area (Å²) in [5.41, 5.74) is 6.37. The Morgan fingerprint density at radius 2 is 0.671 bits per heavy atom. The second-order valence-corrected chi connectivity index (χ2v) is 24.5. The number of para-hydroxylation sites is 4. The molecule has 14 rings (SSSR count). The zero-order valence-electron chi connectivity index (χ0n) is 48.4. The van der Waals surface area contributed by atoms with Gasteiger partial charge < -0.3 is 29.0 Å². The predicted octanol–water partition coefficient (Wildman–Crippen LogP) is 16.7. The van der Waals surface area contributed by atoms with E-state index in [2.05, 4.69) is 280 Å². The van der Waals surface area contributed by atoms with Crippen LogP contribution in [0.25, 0.3) is 98.0 Å². The summed E-state index contributed by atoms with van der Waals surface area (Å²) in [6, 6.07) is 66.5. The number of hydrogen-bond acceptors (Lipinski definition) is 6. The van der Waals surface area contributed by atoms with Gasteiger partial charge in [0.05, 0.1) is 0 Å². The van der Waals surface area contributed by atoms with Crippen LogP contribution in [0.1, 0.15) is 106 Å². The molecule has 0 fully saturated rings. The third kappa shape index (κ3) is 11.6. The average molecular weight is 1440 g/mol. The van der Waals surface area contributed by atoms with Crippen molar-refractivity contribution in [3.63, 3.8) is 0 Å². The van der Waals surface area contributed by atoms with Gasteiger partial charge in [-0.15, -0.1) is 10.8 Å². The zero-order valence-corrected chi connectivity index (χ0v) is 53.0. The first-order chi connectivity index (χ1) is 38.3. The normalized spacial score (nSPS) is 12.0. The molecule has 0 N–H and O–H groups in total. The number of pyridine rings is 2. The summed E-state index contributed by atoms with van der Waals surface area (Å²) < 4.78 is 4.53. The number of nitrogens with zero attached hydrogens (tertiary/aromatic N) is 10. The Kier molecular flexibility index (Phi) is 16.8. The Labute approximate surface area is 508 Å². The SMILES string of the molecule is CC(C)(C)c1n[n-]c(C(C)(C)C)n1.CC(C)(C)c1n[n-]c(C(C)(C)C)n1.[Pt+2].[Pt+2].[c-]1cccc2c3cccc4c5ccccc5ccc5cccnc5n(c12)c43.[c-]1cccc2c3cccc4c5ccccc5ccc5cccnc5n(c12)c43. The van der Waals surface area contributed by atoms with Gasteiger partial charge >= 0.3 is 42.1 Å². The summed E-state index contributed by atoms with van der Waals surface area (Å²) in [7, 11) is 0.